The fourth-order valence-electron chi connectivity index (χ4n) is 0. The largest absolute Gasteiger partial charge is 2.00 e. The zero-order chi connectivity index (χ0) is 4.50. The Labute approximate surface area is 126 Å². The second kappa shape index (κ2) is 10.1. The molecule has 0 saturated heterocycles. The van der Waals surface area contributed by atoms with Crippen molar-refractivity contribution in [1.82, 2.24) is 0 Å². The maximum absolute atomic E-state index is 8.52. The maximum atomic E-state index is 8.52. The number of halogens is 1. The second-order valence-electron chi connectivity index (χ2n) is 0.408. The Morgan fingerprint density at radius 2 is 1.12 bits per heavy atom. The summed E-state index contributed by atoms with van der Waals surface area (Å²) in [6.07, 6.45) is 0. The second-order valence-corrected chi connectivity index (χ2v) is 1.22. The van der Waals surface area contributed by atoms with Gasteiger partial charge in [0.2, 0.25) is 0 Å². The third-order valence-corrected chi connectivity index (χ3v) is 0. The van der Waals surface area contributed by atoms with E-state index in [0.29, 0.717) is 0 Å². The summed E-state index contributed by atoms with van der Waals surface area (Å²) in [6, 6.07) is 0. The van der Waals surface area contributed by atoms with Crippen molar-refractivity contribution >= 4 is 48.1 Å². The average molecular weight is 211 g/mol. The third kappa shape index (κ3) is 62.9. The van der Waals surface area contributed by atoms with Gasteiger partial charge in [0, 0.05) is 10.4 Å². The van der Waals surface area contributed by atoms with Crippen molar-refractivity contribution < 1.29 is 81.3 Å². The van der Waals surface area contributed by atoms with Crippen LogP contribution in [-0.4, -0.2) is 55.3 Å². The zero-order valence-corrected chi connectivity index (χ0v) is 11.0. The normalized spacial score (nSPS) is 7.25. The molecule has 0 atom stereocenters. The van der Waals surface area contributed by atoms with Crippen LogP contribution in [-0.2, 0) is 10.4 Å². The molecule has 0 aliphatic rings. The van der Waals surface area contributed by atoms with Crippen LogP contribution in [0.1, 0.15) is 0 Å². The van der Waals surface area contributed by atoms with E-state index in [1.807, 2.05) is 0 Å². The summed E-state index contributed by atoms with van der Waals surface area (Å²) in [6.45, 7) is 0. The minimum absolute atomic E-state index is 0. The van der Waals surface area contributed by atoms with Gasteiger partial charge in [-0.15, -0.1) is 0 Å². The first-order valence-corrected chi connectivity index (χ1v) is 2.00. The van der Waals surface area contributed by atoms with Crippen LogP contribution in [0.5, 0.6) is 0 Å². The zero-order valence-electron chi connectivity index (χ0n) is 4.13. The molecular weight excluding hydrogens is 211 g/mol. The molecule has 0 aliphatic carbocycles. The molecule has 0 unspecified atom stereocenters. The van der Waals surface area contributed by atoms with Crippen LogP contribution in [0, 0.1) is 0 Å². The molecule has 0 radical (unpaired) electrons. The van der Waals surface area contributed by atoms with E-state index in [2.05, 4.69) is 0 Å². The Morgan fingerprint density at radius 3 is 1.12 bits per heavy atom. The van der Waals surface area contributed by atoms with Gasteiger partial charge >= 0.3 is 89.1 Å². The van der Waals surface area contributed by atoms with E-state index in [0.717, 1.165) is 0 Å². The topological polar surface area (TPSA) is 80.3 Å². The van der Waals surface area contributed by atoms with Crippen molar-refractivity contribution in [2.45, 2.75) is 0 Å². The van der Waals surface area contributed by atoms with Crippen LogP contribution in [0.15, 0.2) is 0 Å². The molecule has 0 saturated carbocycles. The van der Waals surface area contributed by atoms with E-state index in [-0.39, 0.29) is 102 Å². The molecule has 0 aliphatic heterocycles. The van der Waals surface area contributed by atoms with E-state index in [9.17, 15) is 0 Å². The summed E-state index contributed by atoms with van der Waals surface area (Å²) in [5, 5.41) is 0. The van der Waals surface area contributed by atoms with Gasteiger partial charge in [0.15, 0.2) is 0 Å². The Morgan fingerprint density at radius 1 is 1.12 bits per heavy atom. The molecule has 0 amide bonds. The quantitative estimate of drug-likeness (QED) is 0.226. The predicted molar refractivity (Wildman–Crippen MR) is 16.2 cm³/mol. The monoisotopic (exact) mass is 210 g/mol. The van der Waals surface area contributed by atoms with Crippen LogP contribution in [0.3, 0.4) is 0 Å². The fourth-order valence-corrected chi connectivity index (χ4v) is 0. The maximum Gasteiger partial charge on any atom is 2.00 e. The predicted octanol–water partition coefficient (Wildman–Crippen LogP) is -7.71. The minimum Gasteiger partial charge on any atom is -1.00 e. The Bertz CT molecular complexity index is 99.2. The van der Waals surface area contributed by atoms with Crippen molar-refractivity contribution in [2.75, 3.05) is 0 Å². The minimum atomic E-state index is -5.17. The molecule has 0 heterocycles. The molecule has 4 nitrogen and oxygen atoms in total. The van der Waals surface area contributed by atoms with Gasteiger partial charge in [0.05, 0.1) is 0 Å². The van der Waals surface area contributed by atoms with Gasteiger partial charge in [-0.1, -0.05) is 0 Å². The van der Waals surface area contributed by atoms with E-state index >= 15 is 0 Å². The van der Waals surface area contributed by atoms with Crippen molar-refractivity contribution in [2.24, 2.45) is 0 Å². The molecular formula is CaClKO4S. The summed E-state index contributed by atoms with van der Waals surface area (Å²) in [7, 11) is -5.17. The van der Waals surface area contributed by atoms with E-state index in [4.69, 9.17) is 17.5 Å². The van der Waals surface area contributed by atoms with Gasteiger partial charge in [0.25, 0.3) is 0 Å². The molecule has 0 N–H and O–H groups in total. The van der Waals surface area contributed by atoms with Crippen LogP contribution in [0.2, 0.25) is 0 Å². The summed E-state index contributed by atoms with van der Waals surface area (Å²) in [5.41, 5.74) is 0. The number of hydrogen-bond acceptors (Lipinski definition) is 4. The van der Waals surface area contributed by atoms with Crippen LogP contribution in [0.4, 0.5) is 0 Å². The van der Waals surface area contributed by atoms with E-state index in [1.54, 1.807) is 0 Å². The van der Waals surface area contributed by atoms with Gasteiger partial charge in [-0.2, -0.15) is 0 Å². The van der Waals surface area contributed by atoms with Crippen molar-refractivity contribution in [3.8, 4) is 0 Å². The number of rotatable bonds is 0. The summed E-state index contributed by atoms with van der Waals surface area (Å²) >= 11 is 0. The van der Waals surface area contributed by atoms with E-state index < -0.39 is 10.4 Å². The smallest absolute Gasteiger partial charge is 1.00 e. The Balaban J connectivity index is -0.0000000267. The van der Waals surface area contributed by atoms with Crippen molar-refractivity contribution in [3.05, 3.63) is 0 Å². The van der Waals surface area contributed by atoms with Gasteiger partial charge < -0.3 is 21.5 Å². The molecule has 0 aromatic carbocycles. The summed E-state index contributed by atoms with van der Waals surface area (Å²) in [5.74, 6) is 0. The molecule has 0 rings (SSSR count). The Kier molecular flexibility index (Phi) is 28.2. The number of hydrogen-bond donors (Lipinski definition) is 0. The standard InChI is InChI=1S/Ca.ClH.K.H2O4S/c;;;1-5(2,3)4/h;1H;;(H2,1,2,3,4)/q+2;;+1;/p-3. The molecule has 0 aromatic heterocycles. The van der Waals surface area contributed by atoms with Crippen LogP contribution in [0.25, 0.3) is 0 Å². The van der Waals surface area contributed by atoms with Crippen LogP contribution < -0.4 is 63.8 Å². The molecule has 0 fully saturated rings. The molecule has 40 valence electrons. The SMILES string of the molecule is O=S(=O)([O-])[O-].[Ca+2].[Cl-].[K+]. The van der Waals surface area contributed by atoms with Gasteiger partial charge in [-0.05, 0) is 0 Å². The van der Waals surface area contributed by atoms with Gasteiger partial charge in [0.1, 0.15) is 0 Å². The summed E-state index contributed by atoms with van der Waals surface area (Å²) < 4.78 is 34.1. The Hall–Kier alpha value is 3.06. The first-order valence-electron chi connectivity index (χ1n) is 0.667. The third-order valence-electron chi connectivity index (χ3n) is 0. The first-order chi connectivity index (χ1) is 2.00. The molecule has 8 heteroatoms. The van der Waals surface area contributed by atoms with E-state index in [1.165, 1.54) is 0 Å². The van der Waals surface area contributed by atoms with Crippen LogP contribution >= 0.6 is 0 Å². The first kappa shape index (κ1) is 22.5. The molecule has 0 spiro atoms. The van der Waals surface area contributed by atoms with Gasteiger partial charge in [-0.3, -0.25) is 8.42 Å². The molecule has 8 heavy (non-hydrogen) atoms. The van der Waals surface area contributed by atoms with Crippen molar-refractivity contribution in [3.63, 3.8) is 0 Å². The van der Waals surface area contributed by atoms with Crippen molar-refractivity contribution in [1.29, 1.82) is 0 Å². The fraction of sp³-hybridized carbons (Fsp3) is 0. The summed E-state index contributed by atoms with van der Waals surface area (Å²) in [4.78, 5) is 0. The molecule has 0 aromatic rings. The molecule has 0 bridgehead atoms. The average Bonchev–Trinajstić information content (AvgIpc) is 0.722. The van der Waals surface area contributed by atoms with Gasteiger partial charge in [-0.25, -0.2) is 0 Å².